The number of para-hydroxylation sites is 1. The van der Waals surface area contributed by atoms with Gasteiger partial charge in [0.15, 0.2) is 0 Å². The van der Waals surface area contributed by atoms with E-state index in [2.05, 4.69) is 18.7 Å². The Balaban J connectivity index is 2.06. The van der Waals surface area contributed by atoms with Crippen LogP contribution in [0.15, 0.2) is 41.8 Å². The molecule has 0 saturated heterocycles. The summed E-state index contributed by atoms with van der Waals surface area (Å²) in [5.74, 6) is -0.541. The van der Waals surface area contributed by atoms with Crippen molar-refractivity contribution >= 4 is 17.3 Å². The number of benzene rings is 1. The molecule has 0 fully saturated rings. The first-order valence-electron chi connectivity index (χ1n) is 8.35. The summed E-state index contributed by atoms with van der Waals surface area (Å²) in [5, 5.41) is 11.5. The van der Waals surface area contributed by atoms with Crippen molar-refractivity contribution in [2.75, 3.05) is 26.2 Å². The molecular formula is C19H25NO3S. The number of hydrogen-bond acceptors (Lipinski definition) is 4. The highest BCUT2D eigenvalue weighted by Gasteiger charge is 2.22. The van der Waals surface area contributed by atoms with Gasteiger partial charge in [-0.15, -0.1) is 11.3 Å². The lowest BCUT2D eigenvalue weighted by atomic mass is 9.97. The summed E-state index contributed by atoms with van der Waals surface area (Å²) in [6.07, 6.45) is 0.442. The van der Waals surface area contributed by atoms with Crippen LogP contribution in [0, 0.1) is 0 Å². The van der Waals surface area contributed by atoms with Crippen LogP contribution in [0.4, 0.5) is 0 Å². The second kappa shape index (κ2) is 9.45. The second-order valence-electron chi connectivity index (χ2n) is 5.59. The van der Waals surface area contributed by atoms with Crippen molar-refractivity contribution < 1.29 is 14.6 Å². The van der Waals surface area contributed by atoms with Gasteiger partial charge < -0.3 is 14.7 Å². The van der Waals surface area contributed by atoms with Crippen LogP contribution < -0.4 is 4.74 Å². The smallest absolute Gasteiger partial charge is 0.312 e. The van der Waals surface area contributed by atoms with Gasteiger partial charge in [-0.25, -0.2) is 0 Å². The highest BCUT2D eigenvalue weighted by molar-refractivity contribution is 7.10. The summed E-state index contributed by atoms with van der Waals surface area (Å²) in [6.45, 7) is 7.75. The molecule has 1 aromatic carbocycles. The van der Waals surface area contributed by atoms with Crippen LogP contribution in [0.25, 0.3) is 0 Å². The zero-order chi connectivity index (χ0) is 17.4. The first kappa shape index (κ1) is 18.5. The minimum absolute atomic E-state index is 0.442. The molecule has 0 saturated carbocycles. The summed E-state index contributed by atoms with van der Waals surface area (Å²) in [4.78, 5) is 14.8. The fourth-order valence-electron chi connectivity index (χ4n) is 2.66. The number of aliphatic carboxylic acids is 1. The number of hydrogen-bond donors (Lipinski definition) is 1. The summed E-state index contributed by atoms with van der Waals surface area (Å²) in [6, 6.07) is 11.5. The summed E-state index contributed by atoms with van der Waals surface area (Å²) in [5.41, 5.74) is 0.942. The third kappa shape index (κ3) is 5.08. The molecule has 0 aliphatic heterocycles. The largest absolute Gasteiger partial charge is 0.492 e. The maximum Gasteiger partial charge on any atom is 0.312 e. The molecule has 0 radical (unpaired) electrons. The van der Waals surface area contributed by atoms with Gasteiger partial charge >= 0.3 is 5.97 Å². The molecule has 4 nitrogen and oxygen atoms in total. The Hall–Kier alpha value is -1.85. The van der Waals surface area contributed by atoms with E-state index in [9.17, 15) is 9.90 Å². The van der Waals surface area contributed by atoms with E-state index in [1.807, 2.05) is 41.8 Å². The van der Waals surface area contributed by atoms with E-state index in [4.69, 9.17) is 4.74 Å². The molecule has 1 heterocycles. The average Bonchev–Trinajstić information content (AvgIpc) is 3.11. The molecule has 130 valence electrons. The zero-order valence-corrected chi connectivity index (χ0v) is 15.1. The molecule has 0 spiro atoms. The lowest BCUT2D eigenvalue weighted by Crippen LogP contribution is -2.28. The van der Waals surface area contributed by atoms with E-state index in [1.54, 1.807) is 0 Å². The van der Waals surface area contributed by atoms with Crippen LogP contribution in [0.5, 0.6) is 5.75 Å². The van der Waals surface area contributed by atoms with Gasteiger partial charge in [0.1, 0.15) is 12.4 Å². The average molecular weight is 347 g/mol. The number of carboxylic acids is 1. The Labute approximate surface area is 147 Å². The van der Waals surface area contributed by atoms with Gasteiger partial charge in [0.25, 0.3) is 0 Å². The fraction of sp³-hybridized carbons (Fsp3) is 0.421. The van der Waals surface area contributed by atoms with Crippen LogP contribution in [0.1, 0.15) is 30.2 Å². The number of carboxylic acid groups (broad SMARTS) is 1. The first-order chi connectivity index (χ1) is 11.7. The molecule has 0 aliphatic rings. The quantitative estimate of drug-likeness (QED) is 0.709. The molecule has 0 bridgehead atoms. The molecular weight excluding hydrogens is 322 g/mol. The number of likely N-dealkylation sites (N-methyl/N-ethyl adjacent to an activating group) is 1. The Morgan fingerprint density at radius 3 is 2.58 bits per heavy atom. The topological polar surface area (TPSA) is 49.8 Å². The van der Waals surface area contributed by atoms with Crippen molar-refractivity contribution in [2.45, 2.75) is 26.2 Å². The van der Waals surface area contributed by atoms with E-state index < -0.39 is 11.9 Å². The minimum Gasteiger partial charge on any atom is -0.492 e. The molecule has 1 unspecified atom stereocenters. The van der Waals surface area contributed by atoms with Crippen molar-refractivity contribution in [3.05, 3.63) is 52.2 Å². The number of ether oxygens (including phenoxy) is 1. The summed E-state index contributed by atoms with van der Waals surface area (Å²) >= 11 is 1.48. The Morgan fingerprint density at radius 2 is 1.96 bits per heavy atom. The number of carbonyl (C=O) groups is 1. The molecule has 2 aromatic rings. The molecule has 1 atom stereocenters. The third-order valence-corrected chi connectivity index (χ3v) is 5.13. The highest BCUT2D eigenvalue weighted by Crippen LogP contribution is 2.29. The van der Waals surface area contributed by atoms with E-state index >= 15 is 0 Å². The lowest BCUT2D eigenvalue weighted by Gasteiger charge is -2.19. The monoisotopic (exact) mass is 347 g/mol. The summed E-state index contributed by atoms with van der Waals surface area (Å²) < 4.78 is 5.94. The highest BCUT2D eigenvalue weighted by atomic mass is 32.1. The predicted molar refractivity (Wildman–Crippen MR) is 98.1 cm³/mol. The van der Waals surface area contributed by atoms with Crippen LogP contribution >= 0.6 is 11.3 Å². The molecule has 5 heteroatoms. The van der Waals surface area contributed by atoms with E-state index in [0.29, 0.717) is 13.0 Å². The predicted octanol–water partition coefficient (Wildman–Crippen LogP) is 3.88. The zero-order valence-electron chi connectivity index (χ0n) is 14.3. The SMILES string of the molecule is CCN(CC)CCOc1ccccc1CC(C(=O)O)c1cccs1. The van der Waals surface area contributed by atoms with E-state index in [-0.39, 0.29) is 0 Å². The lowest BCUT2D eigenvalue weighted by molar-refractivity contribution is -0.138. The Kier molecular flexibility index (Phi) is 7.28. The van der Waals surface area contributed by atoms with Crippen molar-refractivity contribution in [2.24, 2.45) is 0 Å². The Bertz CT molecular complexity index is 623. The van der Waals surface area contributed by atoms with Crippen LogP contribution in [-0.4, -0.2) is 42.2 Å². The normalized spacial score (nSPS) is 12.3. The van der Waals surface area contributed by atoms with Gasteiger partial charge in [0.2, 0.25) is 0 Å². The molecule has 1 aromatic heterocycles. The standard InChI is InChI=1S/C19H25NO3S/c1-3-20(4-2)11-12-23-17-9-6-5-8-15(17)14-16(19(21)22)18-10-7-13-24-18/h5-10,13,16H,3-4,11-12,14H2,1-2H3,(H,21,22). The number of thiophene rings is 1. The van der Waals surface area contributed by atoms with Gasteiger partial charge in [0, 0.05) is 11.4 Å². The number of nitrogens with zero attached hydrogens (tertiary/aromatic N) is 1. The van der Waals surface area contributed by atoms with Gasteiger partial charge in [0.05, 0.1) is 5.92 Å². The Morgan fingerprint density at radius 1 is 1.21 bits per heavy atom. The van der Waals surface area contributed by atoms with Crippen molar-refractivity contribution in [3.63, 3.8) is 0 Å². The van der Waals surface area contributed by atoms with Crippen LogP contribution in [0.3, 0.4) is 0 Å². The van der Waals surface area contributed by atoms with Gasteiger partial charge in [-0.2, -0.15) is 0 Å². The molecule has 24 heavy (non-hydrogen) atoms. The van der Waals surface area contributed by atoms with Gasteiger partial charge in [-0.3, -0.25) is 4.79 Å². The maximum absolute atomic E-state index is 11.7. The number of rotatable bonds is 10. The van der Waals surface area contributed by atoms with Crippen molar-refractivity contribution in [3.8, 4) is 5.75 Å². The third-order valence-electron chi connectivity index (χ3n) is 4.14. The van der Waals surface area contributed by atoms with Crippen molar-refractivity contribution in [1.29, 1.82) is 0 Å². The maximum atomic E-state index is 11.7. The molecule has 2 rings (SSSR count). The second-order valence-corrected chi connectivity index (χ2v) is 6.57. The van der Waals surface area contributed by atoms with Crippen LogP contribution in [0.2, 0.25) is 0 Å². The molecule has 1 N–H and O–H groups in total. The van der Waals surface area contributed by atoms with Crippen molar-refractivity contribution in [1.82, 2.24) is 4.90 Å². The van der Waals surface area contributed by atoms with Gasteiger partial charge in [-0.1, -0.05) is 38.1 Å². The van der Waals surface area contributed by atoms with Gasteiger partial charge in [-0.05, 0) is 42.6 Å². The minimum atomic E-state index is -0.796. The molecule has 0 aliphatic carbocycles. The van der Waals surface area contributed by atoms with Crippen LogP contribution in [-0.2, 0) is 11.2 Å². The fourth-order valence-corrected chi connectivity index (χ4v) is 3.48. The first-order valence-corrected chi connectivity index (χ1v) is 9.22. The summed E-state index contributed by atoms with van der Waals surface area (Å²) in [7, 11) is 0. The molecule has 0 amide bonds. The van der Waals surface area contributed by atoms with E-state index in [1.165, 1.54) is 11.3 Å². The van der Waals surface area contributed by atoms with E-state index in [0.717, 1.165) is 35.8 Å².